The summed E-state index contributed by atoms with van der Waals surface area (Å²) in [4.78, 5) is 12.3. The Bertz CT molecular complexity index is 800. The highest BCUT2D eigenvalue weighted by Crippen LogP contribution is 2.59. The maximum absolute atomic E-state index is 12.3. The lowest BCUT2D eigenvalue weighted by atomic mass is 9.55. The fourth-order valence-corrected chi connectivity index (χ4v) is 5.85. The van der Waals surface area contributed by atoms with Crippen LogP contribution in [-0.4, -0.2) is 18.8 Å². The number of aryl methyl sites for hydroxylation is 1. The van der Waals surface area contributed by atoms with Crippen LogP contribution in [0.15, 0.2) is 18.2 Å². The Labute approximate surface area is 142 Å². The van der Waals surface area contributed by atoms with E-state index in [1.165, 1.54) is 5.56 Å². The lowest BCUT2D eigenvalue weighted by Gasteiger charge is -2.48. The molecule has 2 saturated carbocycles. The molecule has 130 valence electrons. The number of Topliss-reactive ketones (excluding diaryl/α,β-unsaturated/α-hetero) is 1. The van der Waals surface area contributed by atoms with E-state index in [1.54, 1.807) is 12.1 Å². The van der Waals surface area contributed by atoms with Crippen molar-refractivity contribution >= 4 is 16.2 Å². The van der Waals surface area contributed by atoms with E-state index >= 15 is 0 Å². The second kappa shape index (κ2) is 5.30. The molecule has 4 atom stereocenters. The summed E-state index contributed by atoms with van der Waals surface area (Å²) in [5, 5.41) is 0. The molecule has 24 heavy (non-hydrogen) atoms. The molecule has 0 amide bonds. The number of ketones is 1. The predicted octanol–water partition coefficient (Wildman–Crippen LogP) is 3.29. The van der Waals surface area contributed by atoms with Gasteiger partial charge in [-0.15, -0.1) is 0 Å². The van der Waals surface area contributed by atoms with Gasteiger partial charge in [0, 0.05) is 11.8 Å². The van der Waals surface area contributed by atoms with E-state index in [9.17, 15) is 13.2 Å². The summed E-state index contributed by atoms with van der Waals surface area (Å²) in [5.41, 5.74) is 2.23. The maximum atomic E-state index is 12.3. The molecule has 3 aliphatic carbocycles. The van der Waals surface area contributed by atoms with Crippen LogP contribution in [0.5, 0.6) is 5.75 Å². The first-order valence-electron chi connectivity index (χ1n) is 8.61. The van der Waals surface area contributed by atoms with Gasteiger partial charge in [-0.1, -0.05) is 13.0 Å². The van der Waals surface area contributed by atoms with Gasteiger partial charge in [-0.2, -0.15) is 8.42 Å². The SMILES string of the molecule is C[C@@]12CC[C@@H]3c4ccc(OS(=O)(=O)O)cc4CC[C@@H]3[C@@H]1CCC2=O. The Morgan fingerprint density at radius 3 is 2.75 bits per heavy atom. The molecule has 0 unspecified atom stereocenters. The average Bonchev–Trinajstić information content (AvgIpc) is 2.81. The standard InChI is InChI=1S/C18H22O5S/c1-18-9-8-14-13-5-3-12(23-24(20,21)22)10-11(13)2-4-15(14)16(18)6-7-17(18)19/h3,5,10,14-16H,2,4,6-9H2,1H3,(H,20,21,22)/t14-,15+,16+,18-/m1/s1. The quantitative estimate of drug-likeness (QED) is 0.828. The summed E-state index contributed by atoms with van der Waals surface area (Å²) in [6.45, 7) is 2.15. The third-order valence-corrected chi connectivity index (χ3v) is 7.01. The number of carbonyl (C=O) groups excluding carboxylic acids is 1. The number of hydrogen-bond donors (Lipinski definition) is 1. The largest absolute Gasteiger partial charge is 0.446 e. The van der Waals surface area contributed by atoms with Crippen LogP contribution in [0.25, 0.3) is 0 Å². The van der Waals surface area contributed by atoms with Gasteiger partial charge in [0.05, 0.1) is 0 Å². The smallest absolute Gasteiger partial charge is 0.362 e. The number of benzene rings is 1. The van der Waals surface area contributed by atoms with E-state index in [0.29, 0.717) is 23.5 Å². The normalized spacial score (nSPS) is 35.1. The van der Waals surface area contributed by atoms with E-state index in [-0.39, 0.29) is 11.2 Å². The van der Waals surface area contributed by atoms with Crippen LogP contribution in [-0.2, 0) is 21.6 Å². The van der Waals surface area contributed by atoms with Crippen molar-refractivity contribution < 1.29 is 21.9 Å². The molecule has 0 aromatic heterocycles. The van der Waals surface area contributed by atoms with Crippen LogP contribution in [0.2, 0.25) is 0 Å². The number of rotatable bonds is 2. The minimum Gasteiger partial charge on any atom is -0.362 e. The van der Waals surface area contributed by atoms with Crippen molar-refractivity contribution in [2.45, 2.75) is 51.4 Å². The van der Waals surface area contributed by atoms with Crippen LogP contribution in [0, 0.1) is 17.3 Å². The second-order valence-corrected chi connectivity index (χ2v) is 8.73. The first-order valence-corrected chi connectivity index (χ1v) is 9.97. The van der Waals surface area contributed by atoms with Gasteiger partial charge in [0.2, 0.25) is 0 Å². The summed E-state index contributed by atoms with van der Waals surface area (Å²) in [5.74, 6) is 2.05. The van der Waals surface area contributed by atoms with Gasteiger partial charge in [-0.3, -0.25) is 9.35 Å². The van der Waals surface area contributed by atoms with Crippen LogP contribution in [0.1, 0.15) is 56.1 Å². The number of carbonyl (C=O) groups is 1. The Morgan fingerprint density at radius 2 is 2.00 bits per heavy atom. The van der Waals surface area contributed by atoms with Crippen molar-refractivity contribution in [1.29, 1.82) is 0 Å². The summed E-state index contributed by atoms with van der Waals surface area (Å²) in [6.07, 6.45) is 5.57. The monoisotopic (exact) mass is 350 g/mol. The molecule has 0 bridgehead atoms. The Morgan fingerprint density at radius 1 is 1.21 bits per heavy atom. The molecular weight excluding hydrogens is 328 g/mol. The van der Waals surface area contributed by atoms with Gasteiger partial charge in [0.25, 0.3) is 0 Å². The van der Waals surface area contributed by atoms with Crippen molar-refractivity contribution in [3.63, 3.8) is 0 Å². The zero-order valence-electron chi connectivity index (χ0n) is 13.7. The highest BCUT2D eigenvalue weighted by Gasteiger charge is 2.54. The molecule has 1 aromatic rings. The Kier molecular flexibility index (Phi) is 3.55. The highest BCUT2D eigenvalue weighted by molar-refractivity contribution is 7.81. The van der Waals surface area contributed by atoms with Gasteiger partial charge >= 0.3 is 10.4 Å². The summed E-state index contributed by atoms with van der Waals surface area (Å²) in [6, 6.07) is 5.28. The molecular formula is C18H22O5S. The van der Waals surface area contributed by atoms with Crippen LogP contribution >= 0.6 is 0 Å². The molecule has 5 nitrogen and oxygen atoms in total. The first kappa shape index (κ1) is 16.1. The molecule has 0 spiro atoms. The first-order chi connectivity index (χ1) is 11.3. The van der Waals surface area contributed by atoms with E-state index in [2.05, 4.69) is 11.1 Å². The minimum atomic E-state index is -4.49. The maximum Gasteiger partial charge on any atom is 0.446 e. The Balaban J connectivity index is 1.65. The van der Waals surface area contributed by atoms with E-state index in [0.717, 1.165) is 44.1 Å². The molecule has 3 aliphatic rings. The molecule has 0 aliphatic heterocycles. The summed E-state index contributed by atoms with van der Waals surface area (Å²) < 4.78 is 35.2. The molecule has 0 radical (unpaired) electrons. The van der Waals surface area contributed by atoms with Crippen LogP contribution in [0.3, 0.4) is 0 Å². The molecule has 1 aromatic carbocycles. The number of hydrogen-bond acceptors (Lipinski definition) is 4. The average molecular weight is 350 g/mol. The van der Waals surface area contributed by atoms with Crippen molar-refractivity contribution in [3.8, 4) is 5.75 Å². The predicted molar refractivity (Wildman–Crippen MR) is 88.2 cm³/mol. The third-order valence-electron chi connectivity index (χ3n) is 6.61. The topological polar surface area (TPSA) is 80.7 Å². The van der Waals surface area contributed by atoms with Crippen molar-refractivity contribution in [2.24, 2.45) is 17.3 Å². The van der Waals surface area contributed by atoms with Gasteiger partial charge in [-0.25, -0.2) is 0 Å². The van der Waals surface area contributed by atoms with Crippen molar-refractivity contribution in [3.05, 3.63) is 29.3 Å². The van der Waals surface area contributed by atoms with Crippen molar-refractivity contribution in [1.82, 2.24) is 0 Å². The summed E-state index contributed by atoms with van der Waals surface area (Å²) >= 11 is 0. The van der Waals surface area contributed by atoms with Crippen LogP contribution < -0.4 is 4.18 Å². The van der Waals surface area contributed by atoms with Gasteiger partial charge in [0.15, 0.2) is 0 Å². The fourth-order valence-electron chi connectivity index (χ4n) is 5.50. The van der Waals surface area contributed by atoms with E-state index < -0.39 is 10.4 Å². The Hall–Kier alpha value is -1.40. The molecule has 0 heterocycles. The molecule has 4 rings (SSSR count). The van der Waals surface area contributed by atoms with E-state index in [1.807, 2.05) is 6.07 Å². The highest BCUT2D eigenvalue weighted by atomic mass is 32.3. The zero-order valence-corrected chi connectivity index (χ0v) is 14.5. The van der Waals surface area contributed by atoms with Gasteiger partial charge < -0.3 is 4.18 Å². The minimum absolute atomic E-state index is 0.132. The van der Waals surface area contributed by atoms with Gasteiger partial charge in [0.1, 0.15) is 11.5 Å². The summed E-state index contributed by atoms with van der Waals surface area (Å²) in [7, 11) is -4.49. The second-order valence-electron chi connectivity index (χ2n) is 7.71. The molecule has 6 heteroatoms. The van der Waals surface area contributed by atoms with Crippen LogP contribution in [0.4, 0.5) is 0 Å². The fraction of sp³-hybridized carbons (Fsp3) is 0.611. The molecule has 1 N–H and O–H groups in total. The zero-order chi connectivity index (χ0) is 17.1. The van der Waals surface area contributed by atoms with Crippen molar-refractivity contribution in [2.75, 3.05) is 0 Å². The lowest BCUT2D eigenvalue weighted by molar-refractivity contribution is -0.129. The van der Waals surface area contributed by atoms with E-state index in [4.69, 9.17) is 4.55 Å². The molecule has 2 fully saturated rings. The number of fused-ring (bicyclic) bond motifs is 5. The third kappa shape index (κ3) is 2.47. The lowest BCUT2D eigenvalue weighted by Crippen LogP contribution is -2.42. The molecule has 0 saturated heterocycles. The van der Waals surface area contributed by atoms with Gasteiger partial charge in [-0.05, 0) is 73.1 Å².